The Morgan fingerprint density at radius 2 is 1.40 bits per heavy atom. The Morgan fingerprint density at radius 3 is 1.93 bits per heavy atom. The van der Waals surface area contributed by atoms with Gasteiger partial charge in [0.2, 0.25) is 6.10 Å². The lowest BCUT2D eigenvalue weighted by Crippen LogP contribution is -2.47. The number of halogens is 2. The number of esters is 1. The zero-order valence-corrected chi connectivity index (χ0v) is 34.8. The monoisotopic (exact) mass is 820 g/mol. The molecule has 0 saturated carbocycles. The summed E-state index contributed by atoms with van der Waals surface area (Å²) in [6.45, 7) is 7.64. The number of hydrogen-bond donors (Lipinski definition) is 2. The van der Waals surface area contributed by atoms with E-state index in [9.17, 15) is 18.8 Å². The van der Waals surface area contributed by atoms with Crippen LogP contribution in [-0.4, -0.2) is 59.1 Å². The van der Waals surface area contributed by atoms with Gasteiger partial charge in [-0.15, -0.1) is 23.4 Å². The molecule has 0 aliphatic carbocycles. The number of nitrogens with one attached hydrogen (secondary N) is 2. The van der Waals surface area contributed by atoms with Gasteiger partial charge >= 0.3 is 5.97 Å². The standard InChI is InChI=1S/C48H50ClFN2O5S/c1-32(43(53)30-49)52-45(54)41-28-39(27-24-34(41)23-20-33-21-25-38(50)26-22-33)56-44(46(55)57-47(2,3)4)42-29-40(31-51-42)58-48(35-14-8-5-9-15-35,36-16-10-6-11-17-36)37-18-12-7-13-19-37/h5-19,21-22,24-28,32,40,42,44,51H,20,23,29-31H2,1-4H3,(H,52,54)/t32-,40?,42?,44?/m0/s1. The fourth-order valence-electron chi connectivity index (χ4n) is 7.29. The summed E-state index contributed by atoms with van der Waals surface area (Å²) in [6, 6.07) is 41.6. The quantitative estimate of drug-likeness (QED) is 0.0583. The summed E-state index contributed by atoms with van der Waals surface area (Å²) in [5.74, 6) is -1.59. The number of carbonyl (C=O) groups excluding carboxylic acids is 3. The predicted octanol–water partition coefficient (Wildman–Crippen LogP) is 9.08. The minimum absolute atomic E-state index is 0.0512. The molecule has 6 rings (SSSR count). The van der Waals surface area contributed by atoms with Gasteiger partial charge in [0, 0.05) is 17.4 Å². The Hall–Kier alpha value is -4.96. The number of hydrogen-bond acceptors (Lipinski definition) is 7. The summed E-state index contributed by atoms with van der Waals surface area (Å²) < 4.78 is 25.6. The Bertz CT molecular complexity index is 2050. The van der Waals surface area contributed by atoms with Gasteiger partial charge in [-0.1, -0.05) is 109 Å². The second-order valence-corrected chi connectivity index (χ2v) is 17.4. The predicted molar refractivity (Wildman–Crippen MR) is 230 cm³/mol. The lowest BCUT2D eigenvalue weighted by molar-refractivity contribution is -0.164. The summed E-state index contributed by atoms with van der Waals surface area (Å²) >= 11 is 7.65. The van der Waals surface area contributed by atoms with E-state index in [0.29, 0.717) is 42.7 Å². The lowest BCUT2D eigenvalue weighted by Gasteiger charge is -2.37. The van der Waals surface area contributed by atoms with E-state index < -0.39 is 40.4 Å². The van der Waals surface area contributed by atoms with Crippen LogP contribution in [0.25, 0.3) is 0 Å². The third kappa shape index (κ3) is 10.6. The molecule has 10 heteroatoms. The minimum atomic E-state index is -1.05. The number of amides is 1. The van der Waals surface area contributed by atoms with Gasteiger partial charge < -0.3 is 20.1 Å². The van der Waals surface area contributed by atoms with Gasteiger partial charge in [-0.25, -0.2) is 9.18 Å². The van der Waals surface area contributed by atoms with Crippen molar-refractivity contribution in [3.05, 3.63) is 173 Å². The zero-order chi connectivity index (χ0) is 41.3. The first-order valence-electron chi connectivity index (χ1n) is 19.6. The van der Waals surface area contributed by atoms with E-state index in [-0.39, 0.29) is 22.7 Å². The largest absolute Gasteiger partial charge is 0.477 e. The average Bonchev–Trinajstić information content (AvgIpc) is 3.69. The third-order valence-electron chi connectivity index (χ3n) is 10.2. The summed E-state index contributed by atoms with van der Waals surface area (Å²) in [5, 5.41) is 6.42. The van der Waals surface area contributed by atoms with Crippen LogP contribution in [0.15, 0.2) is 133 Å². The van der Waals surface area contributed by atoms with Gasteiger partial charge in [0.25, 0.3) is 5.91 Å². The molecule has 0 aromatic heterocycles. The summed E-state index contributed by atoms with van der Waals surface area (Å²) in [6.07, 6.45) is 0.530. The number of rotatable bonds is 16. The van der Waals surface area contributed by atoms with Crippen LogP contribution in [0.1, 0.15) is 72.3 Å². The molecule has 1 amide bonds. The van der Waals surface area contributed by atoms with Crippen molar-refractivity contribution >= 4 is 41.0 Å². The third-order valence-corrected chi connectivity index (χ3v) is 12.2. The van der Waals surface area contributed by atoms with Crippen molar-refractivity contribution in [1.29, 1.82) is 0 Å². The highest BCUT2D eigenvalue weighted by Crippen LogP contribution is 2.51. The molecule has 5 aromatic rings. The Kier molecular flexibility index (Phi) is 14.1. The molecule has 302 valence electrons. The normalized spacial score (nSPS) is 16.6. The molecule has 1 heterocycles. The highest BCUT2D eigenvalue weighted by Gasteiger charge is 2.45. The average molecular weight is 821 g/mol. The van der Waals surface area contributed by atoms with Crippen molar-refractivity contribution in [3.8, 4) is 5.75 Å². The molecule has 2 N–H and O–H groups in total. The van der Waals surface area contributed by atoms with Gasteiger partial charge in [-0.2, -0.15) is 0 Å². The molecule has 4 atom stereocenters. The summed E-state index contributed by atoms with van der Waals surface area (Å²) in [7, 11) is 0. The number of Topliss-reactive ketones (excluding diaryl/α,β-unsaturated/α-hetero) is 1. The smallest absolute Gasteiger partial charge is 0.349 e. The van der Waals surface area contributed by atoms with Gasteiger partial charge in [-0.05, 0) is 99.0 Å². The molecular weight excluding hydrogens is 771 g/mol. The fraction of sp³-hybridized carbons (Fsp3) is 0.312. The molecule has 0 bridgehead atoms. The van der Waals surface area contributed by atoms with Crippen LogP contribution in [-0.2, 0) is 31.9 Å². The van der Waals surface area contributed by atoms with Crippen molar-refractivity contribution in [2.45, 2.75) is 80.7 Å². The van der Waals surface area contributed by atoms with Crippen molar-refractivity contribution < 1.29 is 28.2 Å². The van der Waals surface area contributed by atoms with Crippen LogP contribution in [0, 0.1) is 5.82 Å². The number of ether oxygens (including phenoxy) is 2. The van der Waals surface area contributed by atoms with Gasteiger partial charge in [0.15, 0.2) is 5.78 Å². The maximum Gasteiger partial charge on any atom is 0.349 e. The van der Waals surface area contributed by atoms with Crippen molar-refractivity contribution in [2.24, 2.45) is 0 Å². The molecule has 1 fully saturated rings. The second-order valence-electron chi connectivity index (χ2n) is 15.6. The lowest BCUT2D eigenvalue weighted by atomic mass is 9.84. The molecular formula is C48H50ClFN2O5S. The first-order chi connectivity index (χ1) is 27.9. The van der Waals surface area contributed by atoms with Crippen LogP contribution in [0.3, 0.4) is 0 Å². The molecule has 7 nitrogen and oxygen atoms in total. The Balaban J connectivity index is 1.31. The van der Waals surface area contributed by atoms with E-state index in [1.165, 1.54) is 12.1 Å². The van der Waals surface area contributed by atoms with Gasteiger partial charge in [0.05, 0.1) is 22.7 Å². The van der Waals surface area contributed by atoms with Gasteiger partial charge in [-0.3, -0.25) is 9.59 Å². The van der Waals surface area contributed by atoms with Gasteiger partial charge in [0.1, 0.15) is 17.2 Å². The van der Waals surface area contributed by atoms with Crippen LogP contribution in [0.4, 0.5) is 4.39 Å². The van der Waals surface area contributed by atoms with Crippen LogP contribution in [0.5, 0.6) is 5.75 Å². The van der Waals surface area contributed by atoms with Crippen LogP contribution >= 0.6 is 23.4 Å². The highest BCUT2D eigenvalue weighted by atomic mass is 35.5. The molecule has 58 heavy (non-hydrogen) atoms. The van der Waals surface area contributed by atoms with Crippen molar-refractivity contribution in [1.82, 2.24) is 10.6 Å². The topological polar surface area (TPSA) is 93.7 Å². The van der Waals surface area contributed by atoms with Crippen molar-refractivity contribution in [3.63, 3.8) is 0 Å². The molecule has 1 aliphatic rings. The maximum atomic E-state index is 14.1. The molecule has 3 unspecified atom stereocenters. The van der Waals surface area contributed by atoms with Crippen molar-refractivity contribution in [2.75, 3.05) is 12.4 Å². The highest BCUT2D eigenvalue weighted by molar-refractivity contribution is 8.01. The summed E-state index contributed by atoms with van der Waals surface area (Å²) in [4.78, 5) is 40.2. The van der Waals surface area contributed by atoms with E-state index in [2.05, 4.69) is 83.4 Å². The first-order valence-corrected chi connectivity index (χ1v) is 21.0. The maximum absolute atomic E-state index is 14.1. The van der Waals surface area contributed by atoms with E-state index in [1.807, 2.05) is 50.7 Å². The van der Waals surface area contributed by atoms with Crippen LogP contribution in [0.2, 0.25) is 0 Å². The molecule has 1 aliphatic heterocycles. The number of alkyl halides is 1. The zero-order valence-electron chi connectivity index (χ0n) is 33.3. The molecule has 0 spiro atoms. The molecule has 1 saturated heterocycles. The SMILES string of the molecule is C[C@H](NC(=O)c1cc(OC(C(=O)OC(C)(C)C)C2CC(SC(c3ccccc3)(c3ccccc3)c3ccccc3)CN2)ccc1CCc1ccc(F)cc1)C(=O)CCl. The number of aryl methyl sites for hydroxylation is 2. The van der Waals surface area contributed by atoms with Crippen LogP contribution < -0.4 is 15.4 Å². The van der Waals surface area contributed by atoms with E-state index in [4.69, 9.17) is 21.1 Å². The van der Waals surface area contributed by atoms with E-state index in [1.54, 1.807) is 37.3 Å². The minimum Gasteiger partial charge on any atom is -0.477 e. The Labute approximate surface area is 350 Å². The first kappa shape index (κ1) is 42.6. The number of carbonyl (C=O) groups is 3. The van der Waals surface area contributed by atoms with E-state index >= 15 is 0 Å². The Morgan fingerprint density at radius 1 is 0.828 bits per heavy atom. The number of ketones is 1. The molecule has 5 aromatic carbocycles. The van der Waals surface area contributed by atoms with E-state index in [0.717, 1.165) is 22.3 Å². The number of benzene rings is 5. The summed E-state index contributed by atoms with van der Waals surface area (Å²) in [5.41, 5.74) is 4.55. The number of thioether (sulfide) groups is 1. The fourth-order valence-corrected chi connectivity index (χ4v) is 9.32. The molecule has 0 radical (unpaired) electrons. The second kappa shape index (κ2) is 19.2.